The van der Waals surface area contributed by atoms with Gasteiger partial charge < -0.3 is 9.47 Å². The minimum absolute atomic E-state index is 0.0193. The van der Waals surface area contributed by atoms with E-state index in [4.69, 9.17) is 0 Å². The molecule has 57 heavy (non-hydrogen) atoms. The number of para-hydroxylation sites is 2. The molecule has 10 aromatic rings. The molecule has 0 spiro atoms. The maximum absolute atomic E-state index is 2.56. The summed E-state index contributed by atoms with van der Waals surface area (Å²) >= 11 is 0. The monoisotopic (exact) mass is 728 g/mol. The normalized spacial score (nSPS) is 13.3. The van der Waals surface area contributed by atoms with E-state index >= 15 is 0 Å². The Morgan fingerprint density at radius 3 is 1.84 bits per heavy atom. The third-order valence-electron chi connectivity index (χ3n) is 12.3. The molecule has 9 aromatic carbocycles. The minimum Gasteiger partial charge on any atom is -0.330 e. The summed E-state index contributed by atoms with van der Waals surface area (Å²) in [6.07, 6.45) is 0. The molecule has 2 nitrogen and oxygen atoms in total. The van der Waals surface area contributed by atoms with Crippen LogP contribution in [0.3, 0.4) is 0 Å². The molecule has 1 unspecified atom stereocenters. The van der Waals surface area contributed by atoms with Gasteiger partial charge in [0.2, 0.25) is 0 Å². The highest BCUT2D eigenvalue weighted by Gasteiger charge is 2.36. The molecule has 0 fully saturated rings. The van der Waals surface area contributed by atoms with Crippen molar-refractivity contribution < 1.29 is 0 Å². The van der Waals surface area contributed by atoms with Gasteiger partial charge in [-0.1, -0.05) is 146 Å². The molecule has 0 aliphatic heterocycles. The van der Waals surface area contributed by atoms with Crippen molar-refractivity contribution in [2.24, 2.45) is 0 Å². The Balaban J connectivity index is 1.05. The summed E-state index contributed by atoms with van der Waals surface area (Å²) in [6.45, 7) is 4.53. The Morgan fingerprint density at radius 1 is 0.421 bits per heavy atom. The van der Waals surface area contributed by atoms with Crippen LogP contribution in [0.1, 0.15) is 28.3 Å². The van der Waals surface area contributed by atoms with Crippen molar-refractivity contribution in [2.75, 3.05) is 4.90 Å². The molecule has 0 N–H and O–H groups in total. The number of aryl methyl sites for hydroxylation is 1. The van der Waals surface area contributed by atoms with E-state index in [1.54, 1.807) is 0 Å². The van der Waals surface area contributed by atoms with Crippen molar-refractivity contribution in [3.8, 4) is 39.1 Å². The summed E-state index contributed by atoms with van der Waals surface area (Å²) in [5.41, 5.74) is 18.8. The predicted octanol–water partition coefficient (Wildman–Crippen LogP) is 14.8. The highest BCUT2D eigenvalue weighted by atomic mass is 15.2. The predicted molar refractivity (Wildman–Crippen MR) is 241 cm³/mol. The molecule has 0 radical (unpaired) electrons. The van der Waals surface area contributed by atoms with Gasteiger partial charge in [-0.05, 0) is 135 Å². The van der Waals surface area contributed by atoms with Crippen LogP contribution in [-0.2, 0) is 0 Å². The van der Waals surface area contributed by atoms with Crippen LogP contribution in [0.25, 0.3) is 71.6 Å². The molecule has 1 aliphatic carbocycles. The first-order valence-corrected chi connectivity index (χ1v) is 19.9. The van der Waals surface area contributed by atoms with Crippen LogP contribution in [0.4, 0.5) is 11.4 Å². The average Bonchev–Trinajstić information content (AvgIpc) is 3.78. The smallest absolute Gasteiger partial charge is 0.0859 e. The van der Waals surface area contributed by atoms with Gasteiger partial charge in [0.05, 0.1) is 17.1 Å². The molecule has 0 saturated heterocycles. The number of aromatic nitrogens is 1. The molecule has 11 rings (SSSR count). The third kappa shape index (κ3) is 5.33. The van der Waals surface area contributed by atoms with E-state index in [0.29, 0.717) is 0 Å². The summed E-state index contributed by atoms with van der Waals surface area (Å²) < 4.78 is 2.38. The summed E-state index contributed by atoms with van der Waals surface area (Å²) in [5, 5.41) is 5.05. The molecule has 0 bridgehead atoms. The van der Waals surface area contributed by atoms with Crippen LogP contribution in [0.2, 0.25) is 0 Å². The Kier molecular flexibility index (Phi) is 7.72. The SMILES string of the molecule is Cc1ccc2c(c1C)C(N(c1ccc(-c3ccc4c(c3)c3ccccc3n4-c3ccccc3)cc1)c1ccc(-c3cccc4ccccc34)cc1)c1ccccc1-2. The zero-order chi connectivity index (χ0) is 38.0. The molecule has 0 saturated carbocycles. The third-order valence-corrected chi connectivity index (χ3v) is 12.3. The first-order chi connectivity index (χ1) is 28.1. The highest BCUT2D eigenvalue weighted by Crippen LogP contribution is 2.52. The number of hydrogen-bond donors (Lipinski definition) is 0. The molecule has 0 amide bonds. The fraction of sp³-hybridized carbons (Fsp3) is 0.0545. The molecule has 2 heteroatoms. The van der Waals surface area contributed by atoms with Gasteiger partial charge in [-0.2, -0.15) is 0 Å². The fourth-order valence-corrected chi connectivity index (χ4v) is 9.38. The maximum atomic E-state index is 2.56. The van der Waals surface area contributed by atoms with Gasteiger partial charge in [-0.25, -0.2) is 0 Å². The second-order valence-electron chi connectivity index (χ2n) is 15.4. The zero-order valence-electron chi connectivity index (χ0n) is 32.0. The van der Waals surface area contributed by atoms with Gasteiger partial charge >= 0.3 is 0 Å². The zero-order valence-corrected chi connectivity index (χ0v) is 32.0. The van der Waals surface area contributed by atoms with Crippen LogP contribution in [0.5, 0.6) is 0 Å². The lowest BCUT2D eigenvalue weighted by Crippen LogP contribution is -2.24. The van der Waals surface area contributed by atoms with E-state index in [1.165, 1.54) is 93.9 Å². The Morgan fingerprint density at radius 2 is 1.04 bits per heavy atom. The first kappa shape index (κ1) is 33.2. The number of nitrogens with zero attached hydrogens (tertiary/aromatic N) is 2. The Hall–Kier alpha value is -7.16. The number of benzene rings is 9. The van der Waals surface area contributed by atoms with Crippen molar-refractivity contribution in [3.63, 3.8) is 0 Å². The van der Waals surface area contributed by atoms with Crippen LogP contribution >= 0.6 is 0 Å². The minimum atomic E-state index is 0.0193. The van der Waals surface area contributed by atoms with Gasteiger partial charge in [-0.3, -0.25) is 0 Å². The van der Waals surface area contributed by atoms with Gasteiger partial charge in [0.1, 0.15) is 0 Å². The second-order valence-corrected chi connectivity index (χ2v) is 15.4. The molecule has 1 aliphatic rings. The number of hydrogen-bond acceptors (Lipinski definition) is 1. The second kappa shape index (κ2) is 13.3. The molecule has 1 heterocycles. The molecular formula is C55H40N2. The Labute approximate surface area is 333 Å². The van der Waals surface area contributed by atoms with Crippen molar-refractivity contribution in [1.29, 1.82) is 0 Å². The lowest BCUT2D eigenvalue weighted by atomic mass is 9.93. The summed E-state index contributed by atoms with van der Waals surface area (Å²) in [7, 11) is 0. The molecule has 1 atom stereocenters. The molecule has 1 aromatic heterocycles. The number of anilines is 2. The van der Waals surface area contributed by atoms with Gasteiger partial charge in [0.25, 0.3) is 0 Å². The molecular weight excluding hydrogens is 689 g/mol. The van der Waals surface area contributed by atoms with E-state index in [9.17, 15) is 0 Å². The van der Waals surface area contributed by atoms with Crippen molar-refractivity contribution >= 4 is 44.0 Å². The van der Waals surface area contributed by atoms with Crippen LogP contribution < -0.4 is 4.90 Å². The van der Waals surface area contributed by atoms with E-state index < -0.39 is 0 Å². The van der Waals surface area contributed by atoms with E-state index in [2.05, 4.69) is 224 Å². The van der Waals surface area contributed by atoms with Crippen molar-refractivity contribution in [2.45, 2.75) is 19.9 Å². The topological polar surface area (TPSA) is 8.17 Å². The van der Waals surface area contributed by atoms with Crippen LogP contribution in [-0.4, -0.2) is 4.57 Å². The summed E-state index contributed by atoms with van der Waals surface area (Å²) in [6, 6.07) is 73.6. The van der Waals surface area contributed by atoms with Gasteiger partial charge in [0, 0.05) is 27.8 Å². The Bertz CT molecular complexity index is 3130. The first-order valence-electron chi connectivity index (χ1n) is 19.9. The largest absolute Gasteiger partial charge is 0.330 e. The van der Waals surface area contributed by atoms with Gasteiger partial charge in [0.15, 0.2) is 0 Å². The average molecular weight is 729 g/mol. The molecule has 270 valence electrons. The van der Waals surface area contributed by atoms with E-state index in [0.717, 1.165) is 11.4 Å². The highest BCUT2D eigenvalue weighted by molar-refractivity contribution is 6.10. The summed E-state index contributed by atoms with van der Waals surface area (Å²) in [5.74, 6) is 0. The van der Waals surface area contributed by atoms with E-state index in [-0.39, 0.29) is 6.04 Å². The van der Waals surface area contributed by atoms with Crippen molar-refractivity contribution in [3.05, 3.63) is 222 Å². The fourth-order valence-electron chi connectivity index (χ4n) is 9.38. The number of rotatable bonds is 6. The maximum Gasteiger partial charge on any atom is 0.0859 e. The van der Waals surface area contributed by atoms with Gasteiger partial charge in [-0.15, -0.1) is 0 Å². The lowest BCUT2D eigenvalue weighted by molar-refractivity contribution is 0.834. The quantitative estimate of drug-likeness (QED) is 0.165. The number of fused-ring (bicyclic) bond motifs is 7. The van der Waals surface area contributed by atoms with Crippen LogP contribution in [0.15, 0.2) is 200 Å². The lowest BCUT2D eigenvalue weighted by Gasteiger charge is -2.34. The van der Waals surface area contributed by atoms with E-state index in [1.807, 2.05) is 0 Å². The standard InChI is InChI=1S/C55H40N2/c1-36-23-33-49-47-18-8-9-20-50(47)55(54(49)37(36)2)56(44-31-26-40(27-32-44)46-21-12-14-39-13-6-7-17-45(39)46)43-29-24-38(25-30-43)41-28-34-53-51(35-41)48-19-10-11-22-52(48)57(53)42-15-4-3-5-16-42/h3-35,55H,1-2H3. The summed E-state index contributed by atoms with van der Waals surface area (Å²) in [4.78, 5) is 2.56. The van der Waals surface area contributed by atoms with Crippen molar-refractivity contribution in [1.82, 2.24) is 4.57 Å². The van der Waals surface area contributed by atoms with Crippen LogP contribution in [0, 0.1) is 13.8 Å².